The standard InChI is InChI=1S/C14H18O4S/c1-10-6-8-12(9-7-10)19(16,17)18-13-5-3-4-11(2)14(13)15/h4,6-9,13-15H,3,5H2,1-2H3/t13-,14+/m0/s1. The Morgan fingerprint density at radius 2 is 1.84 bits per heavy atom. The van der Waals surface area contributed by atoms with Gasteiger partial charge in [0.1, 0.15) is 12.2 Å². The van der Waals surface area contributed by atoms with Gasteiger partial charge in [-0.25, -0.2) is 0 Å². The molecular formula is C14H18O4S. The molecule has 1 aromatic carbocycles. The molecule has 1 aliphatic carbocycles. The summed E-state index contributed by atoms with van der Waals surface area (Å²) in [4.78, 5) is 0.123. The second-order valence-electron chi connectivity index (χ2n) is 4.87. The Balaban J connectivity index is 2.18. The zero-order chi connectivity index (χ0) is 14.0. The van der Waals surface area contributed by atoms with Crippen LogP contribution in [0.15, 0.2) is 40.8 Å². The second kappa shape index (κ2) is 5.45. The van der Waals surface area contributed by atoms with Gasteiger partial charge in [-0.1, -0.05) is 23.8 Å². The number of hydrogen-bond acceptors (Lipinski definition) is 4. The molecule has 4 nitrogen and oxygen atoms in total. The van der Waals surface area contributed by atoms with Gasteiger partial charge in [0.25, 0.3) is 10.1 Å². The lowest BCUT2D eigenvalue weighted by Gasteiger charge is -2.26. The smallest absolute Gasteiger partial charge is 0.297 e. The Morgan fingerprint density at radius 1 is 1.21 bits per heavy atom. The summed E-state index contributed by atoms with van der Waals surface area (Å²) in [6, 6.07) is 6.47. The molecule has 2 rings (SSSR count). The molecule has 0 radical (unpaired) electrons. The number of hydrogen-bond donors (Lipinski definition) is 1. The van der Waals surface area contributed by atoms with E-state index in [2.05, 4.69) is 0 Å². The van der Waals surface area contributed by atoms with E-state index in [1.807, 2.05) is 13.0 Å². The highest BCUT2D eigenvalue weighted by Crippen LogP contribution is 2.25. The van der Waals surface area contributed by atoms with Crippen molar-refractivity contribution < 1.29 is 17.7 Å². The fourth-order valence-corrected chi connectivity index (χ4v) is 3.18. The van der Waals surface area contributed by atoms with Gasteiger partial charge in [0.05, 0.1) is 4.90 Å². The summed E-state index contributed by atoms with van der Waals surface area (Å²) < 4.78 is 29.4. The van der Waals surface area contributed by atoms with Crippen molar-refractivity contribution in [1.29, 1.82) is 0 Å². The lowest BCUT2D eigenvalue weighted by Crippen LogP contribution is -2.34. The summed E-state index contributed by atoms with van der Waals surface area (Å²) in [5.74, 6) is 0. The van der Waals surface area contributed by atoms with Crippen molar-refractivity contribution in [3.63, 3.8) is 0 Å². The van der Waals surface area contributed by atoms with Crippen LogP contribution in [0.4, 0.5) is 0 Å². The Kier molecular flexibility index (Phi) is 4.08. The van der Waals surface area contributed by atoms with Crippen LogP contribution >= 0.6 is 0 Å². The summed E-state index contributed by atoms with van der Waals surface area (Å²) in [7, 11) is -3.82. The predicted molar refractivity (Wildman–Crippen MR) is 72.2 cm³/mol. The molecule has 1 aliphatic rings. The molecule has 0 saturated carbocycles. The summed E-state index contributed by atoms with van der Waals surface area (Å²) >= 11 is 0. The lowest BCUT2D eigenvalue weighted by molar-refractivity contribution is 0.0533. The minimum atomic E-state index is -3.82. The van der Waals surface area contributed by atoms with Gasteiger partial charge >= 0.3 is 0 Å². The maximum Gasteiger partial charge on any atom is 0.297 e. The quantitative estimate of drug-likeness (QED) is 0.681. The molecule has 5 heteroatoms. The summed E-state index contributed by atoms with van der Waals surface area (Å²) in [6.45, 7) is 3.66. The van der Waals surface area contributed by atoms with Crippen molar-refractivity contribution in [2.24, 2.45) is 0 Å². The average Bonchev–Trinajstić information content (AvgIpc) is 2.35. The highest BCUT2D eigenvalue weighted by molar-refractivity contribution is 7.86. The third kappa shape index (κ3) is 3.23. The molecule has 0 aromatic heterocycles. The zero-order valence-electron chi connectivity index (χ0n) is 11.0. The van der Waals surface area contributed by atoms with E-state index >= 15 is 0 Å². The molecule has 0 fully saturated rings. The van der Waals surface area contributed by atoms with Crippen molar-refractivity contribution >= 4 is 10.1 Å². The third-order valence-electron chi connectivity index (χ3n) is 3.30. The molecule has 0 amide bonds. The number of aryl methyl sites for hydroxylation is 1. The average molecular weight is 282 g/mol. The second-order valence-corrected chi connectivity index (χ2v) is 6.44. The van der Waals surface area contributed by atoms with Crippen molar-refractivity contribution in [1.82, 2.24) is 0 Å². The Labute approximate surface area is 113 Å². The van der Waals surface area contributed by atoms with E-state index in [1.165, 1.54) is 12.1 Å². The van der Waals surface area contributed by atoms with Crippen molar-refractivity contribution in [2.45, 2.75) is 43.8 Å². The van der Waals surface area contributed by atoms with Crippen molar-refractivity contribution in [3.8, 4) is 0 Å². The minimum absolute atomic E-state index is 0.123. The molecule has 19 heavy (non-hydrogen) atoms. The Bertz CT molecular complexity index is 572. The molecule has 1 N–H and O–H groups in total. The van der Waals surface area contributed by atoms with Gasteiger partial charge in [-0.15, -0.1) is 0 Å². The van der Waals surface area contributed by atoms with Crippen LogP contribution in [0.5, 0.6) is 0 Å². The van der Waals surface area contributed by atoms with E-state index in [4.69, 9.17) is 4.18 Å². The van der Waals surface area contributed by atoms with Crippen LogP contribution in [-0.2, 0) is 14.3 Å². The highest BCUT2D eigenvalue weighted by Gasteiger charge is 2.30. The van der Waals surface area contributed by atoms with Gasteiger partial charge in [0.2, 0.25) is 0 Å². The first-order valence-corrected chi connectivity index (χ1v) is 7.65. The SMILES string of the molecule is CC1=CCC[C@H](OS(=O)(=O)c2ccc(C)cc2)[C@@H]1O. The van der Waals surface area contributed by atoms with Gasteiger partial charge in [0, 0.05) is 0 Å². The lowest BCUT2D eigenvalue weighted by atomic mass is 9.95. The maximum absolute atomic E-state index is 12.1. The summed E-state index contributed by atoms with van der Waals surface area (Å²) in [6.07, 6.45) is 1.58. The Hall–Kier alpha value is -1.17. The summed E-state index contributed by atoms with van der Waals surface area (Å²) in [5, 5.41) is 9.93. The highest BCUT2D eigenvalue weighted by atomic mass is 32.2. The normalized spacial score (nSPS) is 24.1. The monoisotopic (exact) mass is 282 g/mol. The van der Waals surface area contributed by atoms with E-state index in [-0.39, 0.29) is 4.90 Å². The molecule has 1 aromatic rings. The van der Waals surface area contributed by atoms with Crippen LogP contribution in [0.1, 0.15) is 25.3 Å². The van der Waals surface area contributed by atoms with Gasteiger partial charge in [-0.3, -0.25) is 4.18 Å². The van der Waals surface area contributed by atoms with Gasteiger partial charge in [0.15, 0.2) is 0 Å². The molecule has 0 spiro atoms. The third-order valence-corrected chi connectivity index (χ3v) is 4.65. The molecule has 104 valence electrons. The topological polar surface area (TPSA) is 63.6 Å². The van der Waals surface area contributed by atoms with Gasteiger partial charge in [-0.2, -0.15) is 8.42 Å². The number of rotatable bonds is 3. The first kappa shape index (κ1) is 14.2. The first-order valence-electron chi connectivity index (χ1n) is 6.25. The Morgan fingerprint density at radius 3 is 2.47 bits per heavy atom. The van der Waals surface area contributed by atoms with Crippen LogP contribution < -0.4 is 0 Å². The predicted octanol–water partition coefficient (Wildman–Crippen LogP) is 2.17. The molecule has 0 heterocycles. The van der Waals surface area contributed by atoms with E-state index in [0.717, 1.165) is 17.6 Å². The van der Waals surface area contributed by atoms with Crippen molar-refractivity contribution in [2.75, 3.05) is 0 Å². The van der Waals surface area contributed by atoms with Crippen LogP contribution in [0, 0.1) is 6.92 Å². The van der Waals surface area contributed by atoms with Gasteiger partial charge in [-0.05, 0) is 44.4 Å². The number of aliphatic hydroxyl groups excluding tert-OH is 1. The molecule has 0 unspecified atom stereocenters. The minimum Gasteiger partial charge on any atom is -0.386 e. The fourth-order valence-electron chi connectivity index (χ4n) is 2.07. The van der Waals surface area contributed by atoms with Gasteiger partial charge < -0.3 is 5.11 Å². The van der Waals surface area contributed by atoms with Crippen LogP contribution in [-0.4, -0.2) is 25.7 Å². The van der Waals surface area contributed by atoms with Crippen LogP contribution in [0.25, 0.3) is 0 Å². The maximum atomic E-state index is 12.1. The van der Waals surface area contributed by atoms with E-state index in [0.29, 0.717) is 6.42 Å². The number of aliphatic hydroxyl groups is 1. The molecular weight excluding hydrogens is 264 g/mol. The van der Waals surface area contributed by atoms with E-state index in [9.17, 15) is 13.5 Å². The number of allylic oxidation sites excluding steroid dienone is 1. The van der Waals surface area contributed by atoms with Crippen LogP contribution in [0.2, 0.25) is 0 Å². The van der Waals surface area contributed by atoms with E-state index in [1.54, 1.807) is 19.1 Å². The summed E-state index contributed by atoms with van der Waals surface area (Å²) in [5.41, 5.74) is 1.74. The van der Waals surface area contributed by atoms with Crippen LogP contribution in [0.3, 0.4) is 0 Å². The molecule has 0 bridgehead atoms. The molecule has 0 aliphatic heterocycles. The molecule has 0 saturated heterocycles. The molecule has 2 atom stereocenters. The zero-order valence-corrected chi connectivity index (χ0v) is 11.9. The van der Waals surface area contributed by atoms with Crippen molar-refractivity contribution in [3.05, 3.63) is 41.5 Å². The van der Waals surface area contributed by atoms with E-state index < -0.39 is 22.3 Å². The largest absolute Gasteiger partial charge is 0.386 e. The first-order chi connectivity index (χ1) is 8.90. The fraction of sp³-hybridized carbons (Fsp3) is 0.429. The number of benzene rings is 1.